The zero-order valence-corrected chi connectivity index (χ0v) is 11.0. The molecular formula is C13H19N3O3. The van der Waals surface area contributed by atoms with Crippen LogP contribution in [0.2, 0.25) is 0 Å². The molecule has 2 N–H and O–H groups in total. The zero-order chi connectivity index (χ0) is 13.7. The predicted molar refractivity (Wildman–Crippen MR) is 70.0 cm³/mol. The number of carbonyl (C=O) groups is 1. The van der Waals surface area contributed by atoms with Gasteiger partial charge in [-0.15, -0.1) is 0 Å². The molecule has 0 radical (unpaired) electrons. The monoisotopic (exact) mass is 265 g/mol. The molecule has 1 aromatic rings. The highest BCUT2D eigenvalue weighted by Crippen LogP contribution is 2.09. The third-order valence-corrected chi connectivity index (χ3v) is 3.08. The molecule has 1 saturated heterocycles. The number of aromatic nitrogens is 1. The number of hydrogen-bond donors (Lipinski definition) is 2. The van der Waals surface area contributed by atoms with Crippen molar-refractivity contribution in [2.24, 2.45) is 5.92 Å². The number of likely N-dealkylation sites (N-methyl/N-ethyl adjacent to an activating group) is 1. The minimum Gasteiger partial charge on any atom is -0.506 e. The van der Waals surface area contributed by atoms with E-state index in [2.05, 4.69) is 15.2 Å². The maximum atomic E-state index is 11.9. The van der Waals surface area contributed by atoms with E-state index in [9.17, 15) is 9.90 Å². The van der Waals surface area contributed by atoms with Gasteiger partial charge in [-0.05, 0) is 13.1 Å². The lowest BCUT2D eigenvalue weighted by Crippen LogP contribution is -2.35. The van der Waals surface area contributed by atoms with Crippen molar-refractivity contribution in [3.63, 3.8) is 0 Å². The molecule has 0 aromatic carbocycles. The van der Waals surface area contributed by atoms with Crippen molar-refractivity contribution in [1.82, 2.24) is 15.2 Å². The number of nitrogens with zero attached hydrogens (tertiary/aromatic N) is 2. The van der Waals surface area contributed by atoms with Crippen LogP contribution in [0, 0.1) is 5.92 Å². The maximum absolute atomic E-state index is 11.9. The van der Waals surface area contributed by atoms with E-state index in [0.717, 1.165) is 19.7 Å². The van der Waals surface area contributed by atoms with Crippen molar-refractivity contribution < 1.29 is 14.6 Å². The lowest BCUT2D eigenvalue weighted by atomic mass is 10.1. The summed E-state index contributed by atoms with van der Waals surface area (Å²) in [6.45, 7) is 3.76. The molecule has 2 heterocycles. The topological polar surface area (TPSA) is 74.7 Å². The molecule has 2 rings (SSSR count). The lowest BCUT2D eigenvalue weighted by Gasteiger charge is -2.19. The van der Waals surface area contributed by atoms with Crippen molar-refractivity contribution in [2.75, 3.05) is 39.9 Å². The number of nitrogens with one attached hydrogen (secondary N) is 1. The molecule has 1 aromatic heterocycles. The Bertz CT molecular complexity index is 439. The van der Waals surface area contributed by atoms with Crippen molar-refractivity contribution >= 4 is 5.91 Å². The molecular weight excluding hydrogens is 246 g/mol. The third-order valence-electron chi connectivity index (χ3n) is 3.08. The van der Waals surface area contributed by atoms with Crippen LogP contribution in [-0.2, 0) is 4.74 Å². The minimum absolute atomic E-state index is 0.00909. The van der Waals surface area contributed by atoms with Gasteiger partial charge < -0.3 is 20.1 Å². The second kappa shape index (κ2) is 6.49. The molecule has 0 spiro atoms. The van der Waals surface area contributed by atoms with E-state index in [-0.39, 0.29) is 17.6 Å². The van der Waals surface area contributed by atoms with Gasteiger partial charge in [-0.25, -0.2) is 0 Å². The number of rotatable bonds is 3. The van der Waals surface area contributed by atoms with Gasteiger partial charge >= 0.3 is 0 Å². The van der Waals surface area contributed by atoms with Gasteiger partial charge in [0, 0.05) is 31.7 Å². The van der Waals surface area contributed by atoms with Crippen molar-refractivity contribution in [1.29, 1.82) is 0 Å². The van der Waals surface area contributed by atoms with Crippen LogP contribution in [-0.4, -0.2) is 60.8 Å². The first-order valence-corrected chi connectivity index (χ1v) is 6.33. The number of pyridine rings is 1. The standard InChI is InChI=1S/C13H19N3O3/c1-16-2-3-19-9-10(8-16)5-15-13(18)11-4-12(17)7-14-6-11/h4,6-7,10,17H,2-3,5,8-9H2,1H3,(H,15,18)/t10-/m1/s1. The molecule has 6 heteroatoms. The molecule has 1 atom stereocenters. The van der Waals surface area contributed by atoms with Crippen LogP contribution >= 0.6 is 0 Å². The normalized spacial score (nSPS) is 20.8. The van der Waals surface area contributed by atoms with Crippen LogP contribution in [0.15, 0.2) is 18.5 Å². The fourth-order valence-electron chi connectivity index (χ4n) is 2.07. The van der Waals surface area contributed by atoms with Gasteiger partial charge in [0.15, 0.2) is 0 Å². The SMILES string of the molecule is CN1CCOC[C@H](CNC(=O)c2cncc(O)c2)C1. The van der Waals surface area contributed by atoms with E-state index in [0.29, 0.717) is 18.7 Å². The van der Waals surface area contributed by atoms with E-state index in [1.807, 2.05) is 7.05 Å². The van der Waals surface area contributed by atoms with Crippen LogP contribution in [0.1, 0.15) is 10.4 Å². The summed E-state index contributed by atoms with van der Waals surface area (Å²) in [4.78, 5) is 17.9. The fourth-order valence-corrected chi connectivity index (χ4v) is 2.07. The lowest BCUT2D eigenvalue weighted by molar-refractivity contribution is 0.0920. The van der Waals surface area contributed by atoms with E-state index in [1.54, 1.807) is 0 Å². The molecule has 1 aliphatic rings. The first-order chi connectivity index (χ1) is 9.15. The molecule has 0 aliphatic carbocycles. The largest absolute Gasteiger partial charge is 0.506 e. The van der Waals surface area contributed by atoms with Crippen molar-refractivity contribution in [3.8, 4) is 5.75 Å². The number of ether oxygens (including phenoxy) is 1. The Morgan fingerprint density at radius 1 is 1.63 bits per heavy atom. The Morgan fingerprint density at radius 2 is 2.47 bits per heavy atom. The molecule has 0 saturated carbocycles. The molecule has 6 nitrogen and oxygen atoms in total. The number of amides is 1. The highest BCUT2D eigenvalue weighted by molar-refractivity contribution is 5.94. The van der Waals surface area contributed by atoms with E-state index in [4.69, 9.17) is 4.74 Å². The molecule has 1 amide bonds. The summed E-state index contributed by atoms with van der Waals surface area (Å²) in [6, 6.07) is 1.40. The number of carbonyl (C=O) groups excluding carboxylic acids is 1. The summed E-state index contributed by atoms with van der Waals surface area (Å²) in [5.41, 5.74) is 0.364. The summed E-state index contributed by atoms with van der Waals surface area (Å²) < 4.78 is 5.49. The third kappa shape index (κ3) is 4.18. The zero-order valence-electron chi connectivity index (χ0n) is 11.0. The highest BCUT2D eigenvalue weighted by Gasteiger charge is 2.17. The Hall–Kier alpha value is -1.66. The molecule has 104 valence electrons. The number of hydrogen-bond acceptors (Lipinski definition) is 5. The van der Waals surface area contributed by atoms with Crippen LogP contribution < -0.4 is 5.32 Å². The van der Waals surface area contributed by atoms with Crippen molar-refractivity contribution in [2.45, 2.75) is 0 Å². The smallest absolute Gasteiger partial charge is 0.252 e. The summed E-state index contributed by atoms with van der Waals surface area (Å²) in [6.07, 6.45) is 2.73. The van der Waals surface area contributed by atoms with Gasteiger partial charge in [-0.1, -0.05) is 0 Å². The summed E-state index contributed by atoms with van der Waals surface area (Å²) in [5.74, 6) is 0.0437. The summed E-state index contributed by atoms with van der Waals surface area (Å²) in [7, 11) is 2.04. The fraction of sp³-hybridized carbons (Fsp3) is 0.538. The van der Waals surface area contributed by atoms with E-state index in [1.165, 1.54) is 18.5 Å². The first-order valence-electron chi connectivity index (χ1n) is 6.33. The number of aromatic hydroxyl groups is 1. The molecule has 1 fully saturated rings. The van der Waals surface area contributed by atoms with E-state index < -0.39 is 0 Å². The second-order valence-electron chi connectivity index (χ2n) is 4.85. The van der Waals surface area contributed by atoms with Gasteiger partial charge in [0.1, 0.15) is 5.75 Å². The Balaban J connectivity index is 1.86. The first kappa shape index (κ1) is 13.8. The minimum atomic E-state index is -0.227. The second-order valence-corrected chi connectivity index (χ2v) is 4.85. The quantitative estimate of drug-likeness (QED) is 0.810. The maximum Gasteiger partial charge on any atom is 0.252 e. The average Bonchev–Trinajstić information content (AvgIpc) is 2.60. The Labute approximate surface area is 112 Å². The summed E-state index contributed by atoms with van der Waals surface area (Å²) >= 11 is 0. The Kier molecular flexibility index (Phi) is 4.70. The highest BCUT2D eigenvalue weighted by atomic mass is 16.5. The Morgan fingerprint density at radius 3 is 3.26 bits per heavy atom. The average molecular weight is 265 g/mol. The van der Waals surface area contributed by atoms with Crippen LogP contribution in [0.3, 0.4) is 0 Å². The molecule has 1 aliphatic heterocycles. The van der Waals surface area contributed by atoms with Crippen LogP contribution in [0.4, 0.5) is 0 Å². The van der Waals surface area contributed by atoms with Crippen LogP contribution in [0.25, 0.3) is 0 Å². The van der Waals surface area contributed by atoms with Gasteiger partial charge in [-0.2, -0.15) is 0 Å². The van der Waals surface area contributed by atoms with Crippen molar-refractivity contribution in [3.05, 3.63) is 24.0 Å². The van der Waals surface area contributed by atoms with Gasteiger partial charge in [0.2, 0.25) is 0 Å². The molecule has 19 heavy (non-hydrogen) atoms. The van der Waals surface area contributed by atoms with Gasteiger partial charge in [-0.3, -0.25) is 9.78 Å². The van der Waals surface area contributed by atoms with Gasteiger partial charge in [0.05, 0.1) is 25.0 Å². The summed E-state index contributed by atoms with van der Waals surface area (Å²) in [5, 5.41) is 12.1. The molecule has 0 bridgehead atoms. The van der Waals surface area contributed by atoms with Gasteiger partial charge in [0.25, 0.3) is 5.91 Å². The van der Waals surface area contributed by atoms with Crippen LogP contribution in [0.5, 0.6) is 5.75 Å². The predicted octanol–water partition coefficient (Wildman–Crippen LogP) is 0.0952. The van der Waals surface area contributed by atoms with E-state index >= 15 is 0 Å². The molecule has 0 unspecified atom stereocenters.